The number of pyridine rings is 1. The molecule has 20 nitrogen and oxygen atoms in total. The fourth-order valence-electron chi connectivity index (χ4n) is 7.16. The Balaban J connectivity index is 1.01. The van der Waals surface area contributed by atoms with E-state index in [0.29, 0.717) is 154 Å². The minimum absolute atomic E-state index is 0.0871. The van der Waals surface area contributed by atoms with Crippen LogP contribution in [-0.4, -0.2) is 188 Å². The molecule has 0 fully saturated rings. The lowest BCUT2D eigenvalue weighted by Gasteiger charge is -2.23. The van der Waals surface area contributed by atoms with Crippen LogP contribution >= 0.6 is 0 Å². The second kappa shape index (κ2) is 40.4. The van der Waals surface area contributed by atoms with Gasteiger partial charge in [-0.15, -0.1) is 0 Å². The van der Waals surface area contributed by atoms with E-state index in [-0.39, 0.29) is 44.4 Å². The van der Waals surface area contributed by atoms with E-state index in [4.69, 9.17) is 56.8 Å². The van der Waals surface area contributed by atoms with Crippen molar-refractivity contribution in [2.45, 2.75) is 33.2 Å². The molecule has 0 saturated carbocycles. The predicted octanol–water partition coefficient (Wildman–Crippen LogP) is 6.83. The number of halogens is 3. The number of benzene rings is 3. The van der Waals surface area contributed by atoms with Crippen LogP contribution in [0, 0.1) is 0 Å². The van der Waals surface area contributed by atoms with Crippen molar-refractivity contribution in [3.05, 3.63) is 113 Å². The van der Waals surface area contributed by atoms with Gasteiger partial charge in [-0.2, -0.15) is 13.2 Å². The van der Waals surface area contributed by atoms with Gasteiger partial charge in [0.15, 0.2) is 0 Å². The van der Waals surface area contributed by atoms with E-state index in [0.717, 1.165) is 36.5 Å². The van der Waals surface area contributed by atoms with Crippen LogP contribution in [0.5, 0.6) is 0 Å². The van der Waals surface area contributed by atoms with Crippen molar-refractivity contribution in [2.75, 3.05) is 176 Å². The molecule has 4 rings (SSSR count). The van der Waals surface area contributed by atoms with E-state index < -0.39 is 23.7 Å². The van der Waals surface area contributed by atoms with Crippen LogP contribution in [-0.2, 0) is 76.2 Å². The summed E-state index contributed by atoms with van der Waals surface area (Å²) in [5.41, 5.74) is 3.24. The van der Waals surface area contributed by atoms with Crippen LogP contribution in [0.2, 0.25) is 0 Å². The minimum atomic E-state index is -4.50. The molecule has 0 atom stereocenters. The number of methoxy groups -OCH3 is 1. The topological polar surface area (TPSA) is 214 Å². The standard InChI is InChI=1S/C56H78F3N5O15/c1-4-64(5-2)49-12-13-51(50(41-49)52-40-47(14-15-60-52)53(65)62-42-44-8-7-11-48(39-44)56(57,58)59)63-54(66)46-10-6-9-45(38-46)43-78-35-34-76-31-30-75-32-33-77-36-37-79-55(67)61-16-17-69-20-21-71-24-25-73-28-29-74-27-26-72-23-22-70-19-18-68-3/h6-15,38-41H,4-5,16-37,42-43H2,1-3H3,(H,61,67)(H,62,65)(H,63,66). The van der Waals surface area contributed by atoms with E-state index in [1.807, 2.05) is 32.0 Å². The third-order valence-corrected chi connectivity index (χ3v) is 11.2. The number of hydrogen-bond acceptors (Lipinski definition) is 17. The summed E-state index contributed by atoms with van der Waals surface area (Å²) in [5.74, 6) is -0.872. The van der Waals surface area contributed by atoms with Gasteiger partial charge in [-0.3, -0.25) is 14.6 Å². The Morgan fingerprint density at radius 2 is 1.05 bits per heavy atom. The van der Waals surface area contributed by atoms with Crippen LogP contribution < -0.4 is 20.9 Å². The highest BCUT2D eigenvalue weighted by Gasteiger charge is 2.30. The number of alkyl halides is 3. The van der Waals surface area contributed by atoms with Crippen LogP contribution in [0.3, 0.4) is 0 Å². The van der Waals surface area contributed by atoms with Crippen LogP contribution in [0.4, 0.5) is 29.3 Å². The number of aromatic nitrogens is 1. The van der Waals surface area contributed by atoms with Gasteiger partial charge in [-0.25, -0.2) is 4.79 Å². The Morgan fingerprint density at radius 1 is 0.532 bits per heavy atom. The first-order valence-corrected chi connectivity index (χ1v) is 26.4. The average molecular weight is 1120 g/mol. The summed E-state index contributed by atoms with van der Waals surface area (Å²) in [6.45, 7) is 14.3. The molecule has 0 aliphatic carbocycles. The van der Waals surface area contributed by atoms with Gasteiger partial charge in [0.05, 0.1) is 156 Å². The lowest BCUT2D eigenvalue weighted by molar-refractivity contribution is -0.137. The zero-order chi connectivity index (χ0) is 56.6. The first-order valence-electron chi connectivity index (χ1n) is 26.4. The van der Waals surface area contributed by atoms with E-state index in [1.54, 1.807) is 37.4 Å². The summed E-state index contributed by atoms with van der Waals surface area (Å²) in [4.78, 5) is 45.5. The number of rotatable bonds is 44. The van der Waals surface area contributed by atoms with Gasteiger partial charge in [0, 0.05) is 61.9 Å². The predicted molar refractivity (Wildman–Crippen MR) is 288 cm³/mol. The number of anilines is 2. The van der Waals surface area contributed by atoms with Gasteiger partial charge in [0.2, 0.25) is 0 Å². The Hall–Kier alpha value is -5.83. The zero-order valence-electron chi connectivity index (χ0n) is 45.6. The molecule has 23 heteroatoms. The molecule has 0 spiro atoms. The Kier molecular flexibility index (Phi) is 33.6. The summed E-state index contributed by atoms with van der Waals surface area (Å²) < 4.78 is 105. The molecule has 1 heterocycles. The zero-order valence-corrected chi connectivity index (χ0v) is 45.6. The average Bonchev–Trinajstić information content (AvgIpc) is 3.48. The largest absolute Gasteiger partial charge is 0.447 e. The molecule has 0 saturated heterocycles. The van der Waals surface area contributed by atoms with Gasteiger partial charge in [-0.1, -0.05) is 24.3 Å². The smallest absolute Gasteiger partial charge is 0.416 e. The first-order chi connectivity index (χ1) is 38.5. The lowest BCUT2D eigenvalue weighted by Crippen LogP contribution is -2.29. The maximum atomic E-state index is 13.7. The molecule has 3 aromatic carbocycles. The van der Waals surface area contributed by atoms with Crippen molar-refractivity contribution in [1.29, 1.82) is 0 Å². The number of nitrogens with one attached hydrogen (secondary N) is 3. The van der Waals surface area contributed by atoms with Gasteiger partial charge >= 0.3 is 12.3 Å². The van der Waals surface area contributed by atoms with E-state index in [1.165, 1.54) is 24.4 Å². The van der Waals surface area contributed by atoms with Gasteiger partial charge in [0.1, 0.15) is 6.61 Å². The molecule has 3 N–H and O–H groups in total. The molecule has 0 unspecified atom stereocenters. The maximum absolute atomic E-state index is 13.7. The highest BCUT2D eigenvalue weighted by Crippen LogP contribution is 2.33. The van der Waals surface area contributed by atoms with Crippen molar-refractivity contribution >= 4 is 29.3 Å². The molecule has 79 heavy (non-hydrogen) atoms. The van der Waals surface area contributed by atoms with Crippen molar-refractivity contribution in [3.8, 4) is 11.3 Å². The van der Waals surface area contributed by atoms with E-state index in [9.17, 15) is 27.6 Å². The number of carbonyl (C=O) groups excluding carboxylic acids is 3. The molecular weight excluding hydrogens is 1040 g/mol. The third kappa shape index (κ3) is 28.2. The molecule has 3 amide bonds. The maximum Gasteiger partial charge on any atom is 0.416 e. The second-order valence-corrected chi connectivity index (χ2v) is 17.0. The van der Waals surface area contributed by atoms with Crippen LogP contribution in [0.25, 0.3) is 11.3 Å². The van der Waals surface area contributed by atoms with Crippen molar-refractivity contribution in [1.82, 2.24) is 15.6 Å². The van der Waals surface area contributed by atoms with Gasteiger partial charge in [-0.05, 0) is 79.6 Å². The number of nitrogens with zero attached hydrogens (tertiary/aromatic N) is 2. The van der Waals surface area contributed by atoms with E-state index >= 15 is 0 Å². The van der Waals surface area contributed by atoms with Crippen LogP contribution in [0.15, 0.2) is 85.1 Å². The number of ether oxygens (including phenoxy) is 12. The highest BCUT2D eigenvalue weighted by atomic mass is 19.4. The molecule has 0 bridgehead atoms. The molecule has 438 valence electrons. The van der Waals surface area contributed by atoms with E-state index in [2.05, 4.69) is 25.8 Å². The summed E-state index contributed by atoms with van der Waals surface area (Å²) >= 11 is 0. The summed E-state index contributed by atoms with van der Waals surface area (Å²) in [7, 11) is 1.63. The normalized spacial score (nSPS) is 11.4. The fraction of sp³-hybridized carbons (Fsp3) is 0.536. The number of carbonyl (C=O) groups is 3. The Morgan fingerprint density at radius 3 is 1.62 bits per heavy atom. The quantitative estimate of drug-likeness (QED) is 0.0387. The Labute approximate surface area is 461 Å². The Bertz CT molecular complexity index is 2310. The highest BCUT2D eigenvalue weighted by molar-refractivity contribution is 6.06. The fourth-order valence-corrected chi connectivity index (χ4v) is 7.16. The molecular formula is C56H78F3N5O15. The molecule has 4 aromatic rings. The monoisotopic (exact) mass is 1120 g/mol. The third-order valence-electron chi connectivity index (χ3n) is 11.2. The summed E-state index contributed by atoms with van der Waals surface area (Å²) in [6, 6.07) is 20.5. The summed E-state index contributed by atoms with van der Waals surface area (Å²) in [5, 5.41) is 8.31. The molecule has 0 aliphatic heterocycles. The SMILES string of the molecule is CCN(CC)c1ccc(NC(=O)c2cccc(COCCOCCOCCOCCOC(=O)NCCOCCOCCOCCOCCOCCOCCOC)c2)c(-c2cc(C(=O)NCc3cccc(C(F)(F)F)c3)ccn2)c1. The van der Waals surface area contributed by atoms with Crippen molar-refractivity contribution < 1.29 is 84.4 Å². The molecule has 0 aliphatic rings. The van der Waals surface area contributed by atoms with Crippen molar-refractivity contribution in [2.24, 2.45) is 0 Å². The van der Waals surface area contributed by atoms with Gasteiger partial charge in [0.25, 0.3) is 11.8 Å². The second-order valence-electron chi connectivity index (χ2n) is 17.0. The minimum Gasteiger partial charge on any atom is -0.447 e. The molecule has 1 aromatic heterocycles. The number of alkyl carbamates (subject to hydrolysis) is 1. The molecule has 0 radical (unpaired) electrons. The summed E-state index contributed by atoms with van der Waals surface area (Å²) in [6.07, 6.45) is -3.60. The van der Waals surface area contributed by atoms with Crippen molar-refractivity contribution in [3.63, 3.8) is 0 Å². The van der Waals surface area contributed by atoms with Gasteiger partial charge < -0.3 is 77.7 Å². The number of hydrogen-bond donors (Lipinski definition) is 3. The van der Waals surface area contributed by atoms with Crippen LogP contribution in [0.1, 0.15) is 51.3 Å². The number of amides is 3. The lowest BCUT2D eigenvalue weighted by atomic mass is 10.0. The first kappa shape index (κ1) is 65.7.